The van der Waals surface area contributed by atoms with Gasteiger partial charge in [0.25, 0.3) is 0 Å². The first-order valence-corrected chi connectivity index (χ1v) is 13.3. The zero-order valence-corrected chi connectivity index (χ0v) is 19.7. The van der Waals surface area contributed by atoms with Crippen molar-refractivity contribution in [2.75, 3.05) is 49.9 Å². The number of rotatable bonds is 7. The van der Waals surface area contributed by atoms with Gasteiger partial charge in [0, 0.05) is 39.3 Å². The summed E-state index contributed by atoms with van der Waals surface area (Å²) in [5.74, 6) is -0.433. The largest absolute Gasteiger partial charge is 0.366 e. The molecule has 0 spiro atoms. The van der Waals surface area contributed by atoms with Gasteiger partial charge in [-0.15, -0.1) is 0 Å². The van der Waals surface area contributed by atoms with E-state index in [4.69, 9.17) is 0 Å². The normalized spacial score (nSPS) is 20.1. The Morgan fingerprint density at radius 2 is 1.64 bits per heavy atom. The van der Waals surface area contributed by atoms with Crippen LogP contribution in [-0.4, -0.2) is 68.6 Å². The number of anilines is 1. The van der Waals surface area contributed by atoms with Gasteiger partial charge in [0.2, 0.25) is 15.9 Å². The second-order valence-corrected chi connectivity index (χ2v) is 11.0. The summed E-state index contributed by atoms with van der Waals surface area (Å²) in [5.41, 5.74) is 1.70. The minimum atomic E-state index is -3.39. The summed E-state index contributed by atoms with van der Waals surface area (Å²) in [7, 11) is -3.39. The number of amides is 1. The molecule has 178 valence electrons. The fourth-order valence-electron chi connectivity index (χ4n) is 4.76. The van der Waals surface area contributed by atoms with Crippen LogP contribution in [0.1, 0.15) is 24.8 Å². The Morgan fingerprint density at radius 1 is 0.939 bits per heavy atom. The van der Waals surface area contributed by atoms with Crippen molar-refractivity contribution in [3.63, 3.8) is 0 Å². The van der Waals surface area contributed by atoms with E-state index in [0.717, 1.165) is 12.0 Å². The molecule has 0 radical (unpaired) electrons. The number of carbonyl (C=O) groups excluding carboxylic acids is 1. The second-order valence-electron chi connectivity index (χ2n) is 8.87. The molecule has 6 nitrogen and oxygen atoms in total. The summed E-state index contributed by atoms with van der Waals surface area (Å²) in [6.07, 6.45) is 2.70. The topological polar surface area (TPSA) is 60.9 Å². The van der Waals surface area contributed by atoms with Gasteiger partial charge in [0.05, 0.1) is 17.4 Å². The summed E-state index contributed by atoms with van der Waals surface area (Å²) >= 11 is 0. The lowest BCUT2D eigenvalue weighted by Gasteiger charge is -2.39. The number of piperazine rings is 1. The van der Waals surface area contributed by atoms with Crippen molar-refractivity contribution in [2.45, 2.75) is 25.7 Å². The molecule has 2 saturated heterocycles. The maximum absolute atomic E-state index is 14.1. The molecule has 1 amide bonds. The van der Waals surface area contributed by atoms with Crippen molar-refractivity contribution in [3.8, 4) is 0 Å². The summed E-state index contributed by atoms with van der Waals surface area (Å²) in [4.78, 5) is 16.9. The van der Waals surface area contributed by atoms with Crippen LogP contribution in [0.3, 0.4) is 0 Å². The van der Waals surface area contributed by atoms with E-state index in [9.17, 15) is 17.6 Å². The van der Waals surface area contributed by atoms with Gasteiger partial charge < -0.3 is 9.80 Å². The summed E-state index contributed by atoms with van der Waals surface area (Å²) in [6.45, 7) is 2.93. The van der Waals surface area contributed by atoms with E-state index in [0.29, 0.717) is 57.7 Å². The fraction of sp³-hybridized carbons (Fsp3) is 0.480. The first kappa shape index (κ1) is 23.7. The third-order valence-corrected chi connectivity index (χ3v) is 8.54. The van der Waals surface area contributed by atoms with Gasteiger partial charge in [0.15, 0.2) is 0 Å². The Bertz CT molecular complexity index is 1040. The van der Waals surface area contributed by atoms with Crippen LogP contribution in [0, 0.1) is 11.7 Å². The maximum Gasteiger partial charge on any atom is 0.227 e. The molecule has 2 heterocycles. The van der Waals surface area contributed by atoms with E-state index in [1.165, 1.54) is 10.4 Å². The van der Waals surface area contributed by atoms with Gasteiger partial charge >= 0.3 is 0 Å². The number of nitrogens with zero attached hydrogens (tertiary/aromatic N) is 3. The van der Waals surface area contributed by atoms with Crippen LogP contribution in [0.25, 0.3) is 0 Å². The van der Waals surface area contributed by atoms with E-state index < -0.39 is 10.0 Å². The van der Waals surface area contributed by atoms with Gasteiger partial charge in [0.1, 0.15) is 5.82 Å². The number of hydrogen-bond acceptors (Lipinski definition) is 4. The molecule has 1 unspecified atom stereocenters. The average molecular weight is 474 g/mol. The highest BCUT2D eigenvalue weighted by molar-refractivity contribution is 7.89. The van der Waals surface area contributed by atoms with Gasteiger partial charge in [-0.25, -0.2) is 17.1 Å². The zero-order chi connectivity index (χ0) is 23.3. The SMILES string of the molecule is O=C(C1CCCN(S(=O)(=O)CCCc2ccccc2)C1)N1CCN(c2ccccc2F)CC1. The highest BCUT2D eigenvalue weighted by atomic mass is 32.2. The molecular weight excluding hydrogens is 441 g/mol. The van der Waals surface area contributed by atoms with Crippen molar-refractivity contribution in [3.05, 3.63) is 66.0 Å². The summed E-state index contributed by atoms with van der Waals surface area (Å²) < 4.78 is 41.4. The van der Waals surface area contributed by atoms with Crippen molar-refractivity contribution in [2.24, 2.45) is 5.92 Å². The molecule has 0 N–H and O–H groups in total. The van der Waals surface area contributed by atoms with Gasteiger partial charge in [-0.3, -0.25) is 4.79 Å². The number of aryl methyl sites for hydroxylation is 1. The van der Waals surface area contributed by atoms with Crippen LogP contribution in [0.5, 0.6) is 0 Å². The lowest BCUT2D eigenvalue weighted by Crippen LogP contribution is -2.53. The van der Waals surface area contributed by atoms with Crippen molar-refractivity contribution in [1.29, 1.82) is 0 Å². The second kappa shape index (κ2) is 10.7. The molecule has 2 fully saturated rings. The number of hydrogen-bond donors (Lipinski definition) is 0. The van der Waals surface area contributed by atoms with E-state index in [1.807, 2.05) is 46.2 Å². The molecule has 0 aliphatic carbocycles. The Hall–Kier alpha value is -2.45. The molecule has 33 heavy (non-hydrogen) atoms. The monoisotopic (exact) mass is 473 g/mol. The number of para-hydroxylation sites is 1. The number of benzene rings is 2. The molecule has 0 bridgehead atoms. The maximum atomic E-state index is 14.1. The van der Waals surface area contributed by atoms with E-state index >= 15 is 0 Å². The molecule has 0 aromatic heterocycles. The Labute approximate surface area is 196 Å². The number of sulfonamides is 1. The van der Waals surface area contributed by atoms with Crippen LogP contribution < -0.4 is 4.90 Å². The summed E-state index contributed by atoms with van der Waals surface area (Å²) in [6, 6.07) is 16.6. The molecule has 2 aliphatic rings. The predicted octanol–water partition coefficient (Wildman–Crippen LogP) is 3.15. The van der Waals surface area contributed by atoms with Crippen molar-refractivity contribution >= 4 is 21.6 Å². The molecule has 2 aliphatic heterocycles. The average Bonchev–Trinajstić information content (AvgIpc) is 2.85. The lowest BCUT2D eigenvalue weighted by molar-refractivity contribution is -0.137. The quantitative estimate of drug-likeness (QED) is 0.620. The smallest absolute Gasteiger partial charge is 0.227 e. The molecule has 8 heteroatoms. The standard InChI is InChI=1S/C25H32FN3O3S/c26-23-12-4-5-13-24(23)27-15-17-28(18-16-27)25(30)22-11-6-14-29(20-22)33(31,32)19-7-10-21-8-2-1-3-9-21/h1-5,8-9,12-13,22H,6-7,10-11,14-20H2. The minimum Gasteiger partial charge on any atom is -0.366 e. The number of carbonyl (C=O) groups is 1. The van der Waals surface area contributed by atoms with E-state index in [-0.39, 0.29) is 29.9 Å². The fourth-order valence-corrected chi connectivity index (χ4v) is 6.34. The van der Waals surface area contributed by atoms with Crippen molar-refractivity contribution < 1.29 is 17.6 Å². The zero-order valence-electron chi connectivity index (χ0n) is 18.9. The number of halogens is 1. The molecule has 2 aromatic carbocycles. The first-order chi connectivity index (χ1) is 15.9. The highest BCUT2D eigenvalue weighted by Gasteiger charge is 2.35. The summed E-state index contributed by atoms with van der Waals surface area (Å²) in [5, 5.41) is 0. The van der Waals surface area contributed by atoms with Crippen LogP contribution in [-0.2, 0) is 21.2 Å². The van der Waals surface area contributed by atoms with Crippen LogP contribution in [0.2, 0.25) is 0 Å². The molecule has 0 saturated carbocycles. The third-order valence-electron chi connectivity index (χ3n) is 6.62. The van der Waals surface area contributed by atoms with Gasteiger partial charge in [-0.05, 0) is 43.4 Å². The highest BCUT2D eigenvalue weighted by Crippen LogP contribution is 2.24. The molecule has 1 atom stereocenters. The third kappa shape index (κ3) is 5.92. The van der Waals surface area contributed by atoms with E-state index in [2.05, 4.69) is 0 Å². The first-order valence-electron chi connectivity index (χ1n) is 11.7. The molecular formula is C25H32FN3O3S. The predicted molar refractivity (Wildman–Crippen MR) is 128 cm³/mol. The van der Waals surface area contributed by atoms with Gasteiger partial charge in [-0.1, -0.05) is 42.5 Å². The molecule has 4 rings (SSSR count). The number of piperidine rings is 1. The lowest BCUT2D eigenvalue weighted by atomic mass is 9.97. The van der Waals surface area contributed by atoms with Gasteiger partial charge in [-0.2, -0.15) is 0 Å². The van der Waals surface area contributed by atoms with E-state index in [1.54, 1.807) is 12.1 Å². The van der Waals surface area contributed by atoms with Crippen molar-refractivity contribution in [1.82, 2.24) is 9.21 Å². The Balaban J connectivity index is 1.29. The van der Waals surface area contributed by atoms with Crippen LogP contribution >= 0.6 is 0 Å². The van der Waals surface area contributed by atoms with Crippen LogP contribution in [0.4, 0.5) is 10.1 Å². The Kier molecular flexibility index (Phi) is 7.65. The van der Waals surface area contributed by atoms with Crippen LogP contribution in [0.15, 0.2) is 54.6 Å². The Morgan fingerprint density at radius 3 is 2.36 bits per heavy atom. The molecule has 2 aromatic rings. The minimum absolute atomic E-state index is 0.0207.